The van der Waals surface area contributed by atoms with Gasteiger partial charge >= 0.3 is 0 Å². The van der Waals surface area contributed by atoms with E-state index in [-0.39, 0.29) is 22.9 Å². The van der Waals surface area contributed by atoms with Crippen molar-refractivity contribution in [2.45, 2.75) is 12.8 Å². The molecule has 0 aliphatic carbocycles. The molecule has 2 amide bonds. The van der Waals surface area contributed by atoms with E-state index in [2.05, 4.69) is 15.6 Å². The van der Waals surface area contributed by atoms with Crippen LogP contribution in [0.1, 0.15) is 32.8 Å². The third-order valence-corrected chi connectivity index (χ3v) is 4.20. The van der Waals surface area contributed by atoms with Crippen molar-refractivity contribution in [1.82, 2.24) is 10.3 Å². The van der Waals surface area contributed by atoms with Crippen molar-refractivity contribution >= 4 is 17.5 Å². The Kier molecular flexibility index (Phi) is 6.63. The number of amides is 2. The van der Waals surface area contributed by atoms with Crippen LogP contribution in [0.25, 0.3) is 0 Å². The van der Waals surface area contributed by atoms with E-state index in [4.69, 9.17) is 0 Å². The molecule has 7 heteroatoms. The minimum Gasteiger partial charge on any atom is -0.351 e. The second-order valence-electron chi connectivity index (χ2n) is 6.36. The maximum Gasteiger partial charge on any atom is 0.269 e. The number of hydrogen-bond donors (Lipinski definition) is 2. The lowest BCUT2D eigenvalue weighted by atomic mass is 10.1. The summed E-state index contributed by atoms with van der Waals surface area (Å²) < 4.78 is 26.3. The van der Waals surface area contributed by atoms with Gasteiger partial charge in [0.2, 0.25) is 0 Å². The highest BCUT2D eigenvalue weighted by atomic mass is 19.2. The Morgan fingerprint density at radius 1 is 0.897 bits per heavy atom. The molecular formula is C22H19F2N3O2. The molecule has 0 radical (unpaired) electrons. The summed E-state index contributed by atoms with van der Waals surface area (Å²) in [6.45, 7) is 0.473. The van der Waals surface area contributed by atoms with Gasteiger partial charge in [-0.05, 0) is 42.7 Å². The van der Waals surface area contributed by atoms with Gasteiger partial charge in [0.15, 0.2) is 11.6 Å². The van der Waals surface area contributed by atoms with E-state index >= 15 is 0 Å². The van der Waals surface area contributed by atoms with E-state index in [0.717, 1.165) is 25.0 Å². The number of benzene rings is 2. The van der Waals surface area contributed by atoms with E-state index in [1.165, 1.54) is 30.0 Å². The number of pyridine rings is 1. The Morgan fingerprint density at radius 2 is 1.69 bits per heavy atom. The SMILES string of the molecule is O=C(Nc1ccc(F)c(F)c1)c1ccnc(C(=O)NCCCc2ccccc2)c1. The van der Waals surface area contributed by atoms with Crippen LogP contribution in [0.15, 0.2) is 66.9 Å². The molecule has 29 heavy (non-hydrogen) atoms. The van der Waals surface area contributed by atoms with Crippen molar-refractivity contribution in [2.24, 2.45) is 0 Å². The molecule has 3 aromatic rings. The molecule has 3 rings (SSSR count). The zero-order chi connectivity index (χ0) is 20.6. The third-order valence-electron chi connectivity index (χ3n) is 4.20. The van der Waals surface area contributed by atoms with E-state index in [1.54, 1.807) is 0 Å². The third kappa shape index (κ3) is 5.68. The Balaban J connectivity index is 1.55. The predicted molar refractivity (Wildman–Crippen MR) is 106 cm³/mol. The number of halogens is 2. The van der Waals surface area contributed by atoms with Crippen LogP contribution in [-0.2, 0) is 6.42 Å². The predicted octanol–water partition coefficient (Wildman–Crippen LogP) is 3.97. The molecule has 148 valence electrons. The quantitative estimate of drug-likeness (QED) is 0.595. The van der Waals surface area contributed by atoms with Gasteiger partial charge in [-0.15, -0.1) is 0 Å². The van der Waals surface area contributed by atoms with E-state index in [1.807, 2.05) is 30.3 Å². The number of rotatable bonds is 7. The second kappa shape index (κ2) is 9.54. The lowest BCUT2D eigenvalue weighted by Gasteiger charge is -2.08. The van der Waals surface area contributed by atoms with Crippen LogP contribution < -0.4 is 10.6 Å². The average Bonchev–Trinajstić information content (AvgIpc) is 2.74. The van der Waals surface area contributed by atoms with Crippen LogP contribution in [-0.4, -0.2) is 23.3 Å². The molecule has 0 fully saturated rings. The zero-order valence-electron chi connectivity index (χ0n) is 15.5. The summed E-state index contributed by atoms with van der Waals surface area (Å²) in [7, 11) is 0. The van der Waals surface area contributed by atoms with Gasteiger partial charge in [-0.1, -0.05) is 30.3 Å². The van der Waals surface area contributed by atoms with E-state index < -0.39 is 17.5 Å². The van der Waals surface area contributed by atoms with Gasteiger partial charge in [0.25, 0.3) is 11.8 Å². The molecule has 0 aliphatic rings. The Labute approximate surface area is 166 Å². The van der Waals surface area contributed by atoms with Gasteiger partial charge in [-0.3, -0.25) is 14.6 Å². The normalized spacial score (nSPS) is 10.4. The fourth-order valence-corrected chi connectivity index (χ4v) is 2.70. The van der Waals surface area contributed by atoms with Crippen molar-refractivity contribution in [3.05, 3.63) is 95.3 Å². The highest BCUT2D eigenvalue weighted by molar-refractivity contribution is 6.05. The van der Waals surface area contributed by atoms with E-state index in [9.17, 15) is 18.4 Å². The molecule has 1 aromatic heterocycles. The Hall–Kier alpha value is -3.61. The first-order valence-electron chi connectivity index (χ1n) is 9.07. The molecule has 5 nitrogen and oxygen atoms in total. The summed E-state index contributed by atoms with van der Waals surface area (Å²) in [6.07, 6.45) is 2.95. The minimum atomic E-state index is -1.06. The summed E-state index contributed by atoms with van der Waals surface area (Å²) in [4.78, 5) is 28.6. The van der Waals surface area contributed by atoms with Gasteiger partial charge in [-0.25, -0.2) is 8.78 Å². The molecule has 2 aromatic carbocycles. The van der Waals surface area contributed by atoms with Crippen LogP contribution in [0.4, 0.5) is 14.5 Å². The van der Waals surface area contributed by atoms with Gasteiger partial charge in [0, 0.05) is 30.1 Å². The first kappa shape index (κ1) is 20.1. The summed E-state index contributed by atoms with van der Waals surface area (Å²) in [5.74, 6) is -3.01. The molecule has 0 atom stereocenters. The van der Waals surface area contributed by atoms with Crippen molar-refractivity contribution in [3.8, 4) is 0 Å². The van der Waals surface area contributed by atoms with Crippen LogP contribution in [0.5, 0.6) is 0 Å². The second-order valence-corrected chi connectivity index (χ2v) is 6.36. The molecule has 0 bridgehead atoms. The monoisotopic (exact) mass is 395 g/mol. The Morgan fingerprint density at radius 3 is 2.45 bits per heavy atom. The number of anilines is 1. The van der Waals surface area contributed by atoms with Gasteiger partial charge in [0.1, 0.15) is 5.69 Å². The smallest absolute Gasteiger partial charge is 0.269 e. The van der Waals surface area contributed by atoms with Crippen LogP contribution in [0, 0.1) is 11.6 Å². The van der Waals surface area contributed by atoms with Crippen molar-refractivity contribution in [3.63, 3.8) is 0 Å². The van der Waals surface area contributed by atoms with Crippen LogP contribution in [0.2, 0.25) is 0 Å². The molecule has 0 unspecified atom stereocenters. The number of aryl methyl sites for hydroxylation is 1. The van der Waals surface area contributed by atoms with Gasteiger partial charge in [-0.2, -0.15) is 0 Å². The minimum absolute atomic E-state index is 0.0997. The topological polar surface area (TPSA) is 71.1 Å². The van der Waals surface area contributed by atoms with Crippen LogP contribution in [0.3, 0.4) is 0 Å². The molecular weight excluding hydrogens is 376 g/mol. The Bertz CT molecular complexity index is 1010. The number of nitrogens with one attached hydrogen (secondary N) is 2. The number of nitrogens with zero attached hydrogens (tertiary/aromatic N) is 1. The van der Waals surface area contributed by atoms with Crippen molar-refractivity contribution < 1.29 is 18.4 Å². The summed E-state index contributed by atoms with van der Waals surface area (Å²) >= 11 is 0. The lowest BCUT2D eigenvalue weighted by molar-refractivity contribution is 0.0948. The highest BCUT2D eigenvalue weighted by Crippen LogP contribution is 2.14. The van der Waals surface area contributed by atoms with Gasteiger partial charge < -0.3 is 10.6 Å². The molecule has 0 spiro atoms. The fraction of sp³-hybridized carbons (Fsp3) is 0.136. The lowest BCUT2D eigenvalue weighted by Crippen LogP contribution is -2.26. The summed E-state index contributed by atoms with van der Waals surface area (Å²) in [5.41, 5.74) is 1.58. The number of carbonyl (C=O) groups excluding carboxylic acids is 2. The van der Waals surface area contributed by atoms with Crippen molar-refractivity contribution in [2.75, 3.05) is 11.9 Å². The zero-order valence-corrected chi connectivity index (χ0v) is 15.5. The van der Waals surface area contributed by atoms with Gasteiger partial charge in [0.05, 0.1) is 0 Å². The molecule has 0 saturated heterocycles. The van der Waals surface area contributed by atoms with E-state index in [0.29, 0.717) is 6.54 Å². The molecule has 2 N–H and O–H groups in total. The number of hydrogen-bond acceptors (Lipinski definition) is 3. The fourth-order valence-electron chi connectivity index (χ4n) is 2.70. The average molecular weight is 395 g/mol. The first-order valence-corrected chi connectivity index (χ1v) is 9.07. The largest absolute Gasteiger partial charge is 0.351 e. The first-order chi connectivity index (χ1) is 14.0. The summed E-state index contributed by atoms with van der Waals surface area (Å²) in [6, 6.07) is 15.8. The maximum absolute atomic E-state index is 13.3. The molecule has 1 heterocycles. The molecule has 0 saturated carbocycles. The maximum atomic E-state index is 13.3. The van der Waals surface area contributed by atoms with Crippen molar-refractivity contribution in [1.29, 1.82) is 0 Å². The molecule has 0 aliphatic heterocycles. The highest BCUT2D eigenvalue weighted by Gasteiger charge is 2.13. The summed E-state index contributed by atoms with van der Waals surface area (Å²) in [5, 5.41) is 5.23. The number of carbonyl (C=O) groups is 2. The van der Waals surface area contributed by atoms with Crippen LogP contribution >= 0.6 is 0 Å². The standard InChI is InChI=1S/C22H19F2N3O2/c23-18-9-8-17(14-19(18)24)27-21(28)16-10-12-25-20(13-16)22(29)26-11-4-7-15-5-2-1-3-6-15/h1-3,5-6,8-10,12-14H,4,7,11H2,(H,26,29)(H,27,28). The number of aromatic nitrogens is 1.